The van der Waals surface area contributed by atoms with Gasteiger partial charge in [0, 0.05) is 12.7 Å². The van der Waals surface area contributed by atoms with Gasteiger partial charge < -0.3 is 15.0 Å². The minimum Gasteiger partial charge on any atom is -0.443 e. The van der Waals surface area contributed by atoms with Crippen LogP contribution in [-0.2, 0) is 4.74 Å². The van der Waals surface area contributed by atoms with E-state index in [2.05, 4.69) is 5.16 Å². The molecule has 0 spiro atoms. The zero-order valence-electron chi connectivity index (χ0n) is 11.4. The predicted molar refractivity (Wildman–Crippen MR) is 73.1 cm³/mol. The number of hydrogen-bond donors (Lipinski definition) is 1. The van der Waals surface area contributed by atoms with E-state index in [1.54, 1.807) is 25.2 Å². The smallest absolute Gasteiger partial charge is 0.414 e. The second kappa shape index (κ2) is 4.46. The number of fused-ring (bicyclic) bond motifs is 1. The molecule has 0 radical (unpaired) electrons. The second-order valence-corrected chi connectivity index (χ2v) is 5.29. The molecule has 1 heterocycles. The molecular weight excluding hydrogens is 246 g/mol. The summed E-state index contributed by atoms with van der Waals surface area (Å²) in [7, 11) is 1.64. The van der Waals surface area contributed by atoms with Crippen molar-refractivity contribution < 1.29 is 14.1 Å². The Balaban J connectivity index is 2.28. The Labute approximate surface area is 111 Å². The third-order valence-electron chi connectivity index (χ3n) is 2.54. The highest BCUT2D eigenvalue weighted by Crippen LogP contribution is 2.26. The van der Waals surface area contributed by atoms with Gasteiger partial charge in [-0.3, -0.25) is 4.90 Å². The first-order valence-electron chi connectivity index (χ1n) is 5.89. The number of benzene rings is 1. The van der Waals surface area contributed by atoms with Crippen LogP contribution in [0.3, 0.4) is 0 Å². The van der Waals surface area contributed by atoms with E-state index in [4.69, 9.17) is 15.0 Å². The van der Waals surface area contributed by atoms with Crippen LogP contribution in [0.25, 0.3) is 11.0 Å². The van der Waals surface area contributed by atoms with E-state index in [0.717, 1.165) is 0 Å². The van der Waals surface area contributed by atoms with E-state index in [-0.39, 0.29) is 0 Å². The van der Waals surface area contributed by atoms with Crippen LogP contribution < -0.4 is 10.6 Å². The van der Waals surface area contributed by atoms with E-state index in [1.165, 1.54) is 4.90 Å². The normalized spacial score (nSPS) is 11.6. The Morgan fingerprint density at radius 1 is 1.42 bits per heavy atom. The van der Waals surface area contributed by atoms with Gasteiger partial charge in [0.2, 0.25) is 0 Å². The number of nitrogens with zero attached hydrogens (tertiary/aromatic N) is 2. The molecule has 0 unspecified atom stereocenters. The quantitative estimate of drug-likeness (QED) is 0.855. The van der Waals surface area contributed by atoms with Gasteiger partial charge in [0.25, 0.3) is 0 Å². The molecule has 6 heteroatoms. The lowest BCUT2D eigenvalue weighted by molar-refractivity contribution is 0.0589. The average Bonchev–Trinajstić information content (AvgIpc) is 2.67. The maximum absolute atomic E-state index is 12.0. The molecule has 0 aliphatic rings. The van der Waals surface area contributed by atoms with Crippen LogP contribution in [0.2, 0.25) is 0 Å². The fourth-order valence-corrected chi connectivity index (χ4v) is 1.59. The minimum absolute atomic E-state index is 0.300. The van der Waals surface area contributed by atoms with Crippen LogP contribution in [0.4, 0.5) is 16.3 Å². The van der Waals surface area contributed by atoms with Gasteiger partial charge in [0.1, 0.15) is 5.60 Å². The van der Waals surface area contributed by atoms with Gasteiger partial charge in [-0.2, -0.15) is 0 Å². The molecule has 2 N–H and O–H groups in total. The molecule has 0 aliphatic carbocycles. The number of amides is 1. The van der Waals surface area contributed by atoms with Crippen molar-refractivity contribution in [3.63, 3.8) is 0 Å². The Bertz CT molecular complexity index is 613. The number of carbonyl (C=O) groups is 1. The molecule has 6 nitrogen and oxygen atoms in total. The third kappa shape index (κ3) is 2.78. The molecule has 19 heavy (non-hydrogen) atoms. The molecule has 102 valence electrons. The number of aromatic nitrogens is 1. The van der Waals surface area contributed by atoms with E-state index >= 15 is 0 Å². The monoisotopic (exact) mass is 263 g/mol. The van der Waals surface area contributed by atoms with Crippen LogP contribution in [0.5, 0.6) is 0 Å². The van der Waals surface area contributed by atoms with E-state index in [9.17, 15) is 4.79 Å². The summed E-state index contributed by atoms with van der Waals surface area (Å²) in [5.41, 5.74) is 6.39. The number of hydrogen-bond acceptors (Lipinski definition) is 5. The van der Waals surface area contributed by atoms with Crippen LogP contribution in [0, 0.1) is 0 Å². The summed E-state index contributed by atoms with van der Waals surface area (Å²) in [5, 5.41) is 4.34. The van der Waals surface area contributed by atoms with Gasteiger partial charge in [-0.15, -0.1) is 0 Å². The van der Waals surface area contributed by atoms with Crippen molar-refractivity contribution in [3.05, 3.63) is 18.2 Å². The topological polar surface area (TPSA) is 81.6 Å². The Hall–Kier alpha value is -2.24. The fraction of sp³-hybridized carbons (Fsp3) is 0.385. The van der Waals surface area contributed by atoms with E-state index < -0.39 is 11.7 Å². The van der Waals surface area contributed by atoms with Gasteiger partial charge in [0.15, 0.2) is 11.4 Å². The van der Waals surface area contributed by atoms with Gasteiger partial charge in [-0.1, -0.05) is 5.16 Å². The summed E-state index contributed by atoms with van der Waals surface area (Å²) in [6.45, 7) is 5.46. The summed E-state index contributed by atoms with van der Waals surface area (Å²) in [5.74, 6) is 0.300. The molecular formula is C13H17N3O3. The molecule has 2 rings (SSSR count). The van der Waals surface area contributed by atoms with Crippen LogP contribution in [0.1, 0.15) is 20.8 Å². The van der Waals surface area contributed by atoms with Gasteiger partial charge in [-0.05, 0) is 39.0 Å². The molecule has 0 fully saturated rings. The highest BCUT2D eigenvalue weighted by Gasteiger charge is 2.21. The van der Waals surface area contributed by atoms with Crippen molar-refractivity contribution in [2.24, 2.45) is 0 Å². The SMILES string of the molecule is CN(C(=O)OC(C)(C)C)c1ccc2onc(N)c2c1. The van der Waals surface area contributed by atoms with Crippen molar-refractivity contribution in [1.29, 1.82) is 0 Å². The highest BCUT2D eigenvalue weighted by molar-refractivity contribution is 5.94. The van der Waals surface area contributed by atoms with E-state index in [0.29, 0.717) is 22.5 Å². The summed E-state index contributed by atoms with van der Waals surface area (Å²) >= 11 is 0. The van der Waals surface area contributed by atoms with Gasteiger partial charge in [-0.25, -0.2) is 4.79 Å². The Morgan fingerprint density at radius 2 is 2.11 bits per heavy atom. The first-order chi connectivity index (χ1) is 8.78. The lowest BCUT2D eigenvalue weighted by Crippen LogP contribution is -2.34. The average molecular weight is 263 g/mol. The van der Waals surface area contributed by atoms with Crippen molar-refractivity contribution in [1.82, 2.24) is 5.16 Å². The van der Waals surface area contributed by atoms with Crippen molar-refractivity contribution in [2.75, 3.05) is 17.7 Å². The number of carbonyl (C=O) groups excluding carboxylic acids is 1. The summed E-state index contributed by atoms with van der Waals surface area (Å²) in [6, 6.07) is 5.21. The maximum Gasteiger partial charge on any atom is 0.414 e. The van der Waals surface area contributed by atoms with Crippen LogP contribution in [-0.4, -0.2) is 23.9 Å². The molecule has 0 saturated carbocycles. The molecule has 1 aromatic heterocycles. The highest BCUT2D eigenvalue weighted by atomic mass is 16.6. The number of nitrogen functional groups attached to an aromatic ring is 1. The molecule has 0 atom stereocenters. The number of ether oxygens (including phenoxy) is 1. The molecule has 1 aromatic carbocycles. The zero-order chi connectivity index (χ0) is 14.2. The molecule has 0 aliphatic heterocycles. The zero-order valence-corrected chi connectivity index (χ0v) is 11.4. The maximum atomic E-state index is 12.0. The van der Waals surface area contributed by atoms with Gasteiger partial charge in [0.05, 0.1) is 5.39 Å². The standard InChI is InChI=1S/C13H17N3O3/c1-13(2,3)18-12(17)16(4)8-5-6-10-9(7-8)11(14)15-19-10/h5-7H,1-4H3,(H2,14,15). The largest absolute Gasteiger partial charge is 0.443 e. The van der Waals surface area contributed by atoms with Crippen LogP contribution in [0.15, 0.2) is 22.7 Å². The van der Waals surface area contributed by atoms with E-state index in [1.807, 2.05) is 20.8 Å². The summed E-state index contributed by atoms with van der Waals surface area (Å²) in [6.07, 6.45) is -0.429. The number of rotatable bonds is 1. The first-order valence-corrected chi connectivity index (χ1v) is 5.89. The second-order valence-electron chi connectivity index (χ2n) is 5.29. The van der Waals surface area contributed by atoms with Crippen molar-refractivity contribution >= 4 is 28.6 Å². The lowest BCUT2D eigenvalue weighted by atomic mass is 10.2. The summed E-state index contributed by atoms with van der Waals surface area (Å²) < 4.78 is 10.3. The van der Waals surface area contributed by atoms with Crippen LogP contribution >= 0.6 is 0 Å². The first kappa shape index (κ1) is 13.2. The molecule has 1 amide bonds. The predicted octanol–water partition coefficient (Wildman–Crippen LogP) is 2.78. The lowest BCUT2D eigenvalue weighted by Gasteiger charge is -2.24. The van der Waals surface area contributed by atoms with Gasteiger partial charge >= 0.3 is 6.09 Å². The number of anilines is 2. The summed E-state index contributed by atoms with van der Waals surface area (Å²) in [4.78, 5) is 13.4. The molecule has 2 aromatic rings. The Morgan fingerprint density at radius 3 is 2.74 bits per heavy atom. The molecule has 0 bridgehead atoms. The number of nitrogens with two attached hydrogens (primary N) is 1. The van der Waals surface area contributed by atoms with Crippen molar-refractivity contribution in [2.45, 2.75) is 26.4 Å². The molecule has 0 saturated heterocycles. The Kier molecular flexibility index (Phi) is 3.09. The fourth-order valence-electron chi connectivity index (χ4n) is 1.59. The third-order valence-corrected chi connectivity index (χ3v) is 2.54. The van der Waals surface area contributed by atoms with Crippen molar-refractivity contribution in [3.8, 4) is 0 Å². The minimum atomic E-state index is -0.536.